The molecule has 0 aliphatic heterocycles. The van der Waals surface area contributed by atoms with Gasteiger partial charge in [0.2, 0.25) is 0 Å². The Balaban J connectivity index is 1.57. The number of nitrogens with two attached hydrogens (primary N) is 1. The molecule has 0 atom stereocenters. The molecular weight excluding hydrogens is 450 g/mol. The monoisotopic (exact) mass is 472 g/mol. The third kappa shape index (κ3) is 4.12. The number of amides is 2. The average molecular weight is 472 g/mol. The maximum Gasteiger partial charge on any atom is 0.323 e. The fraction of sp³-hybridized carbons (Fsp3) is 0.115. The summed E-state index contributed by atoms with van der Waals surface area (Å²) in [5, 5.41) is 6.84. The van der Waals surface area contributed by atoms with E-state index in [0.29, 0.717) is 22.7 Å². The maximum atomic E-state index is 13.5. The van der Waals surface area contributed by atoms with E-state index < -0.39 is 17.7 Å². The number of hydrogen-bond acceptors (Lipinski definition) is 4. The van der Waals surface area contributed by atoms with Crippen molar-refractivity contribution in [2.24, 2.45) is 0 Å². The SMILES string of the molecule is CC(C)c1nc(-c2ccc(NC(=O)Nc3cc(F)cc(F)c3)c3ccccc23)c2c(N)nccn12. The van der Waals surface area contributed by atoms with E-state index in [0.717, 1.165) is 40.4 Å². The summed E-state index contributed by atoms with van der Waals surface area (Å²) in [6.45, 7) is 4.12. The molecule has 7 nitrogen and oxygen atoms in total. The number of nitrogens with zero attached hydrogens (tertiary/aromatic N) is 3. The number of nitrogens with one attached hydrogen (secondary N) is 2. The van der Waals surface area contributed by atoms with Crippen LogP contribution in [0.1, 0.15) is 25.6 Å². The molecular formula is C26H22F2N6O. The molecule has 0 radical (unpaired) electrons. The summed E-state index contributed by atoms with van der Waals surface area (Å²) in [6, 6.07) is 13.4. The third-order valence-electron chi connectivity index (χ3n) is 5.67. The Morgan fingerprint density at radius 2 is 1.71 bits per heavy atom. The van der Waals surface area contributed by atoms with E-state index in [9.17, 15) is 13.6 Å². The fourth-order valence-corrected chi connectivity index (χ4v) is 4.21. The Morgan fingerprint density at radius 1 is 1.00 bits per heavy atom. The molecule has 35 heavy (non-hydrogen) atoms. The number of benzene rings is 3. The molecule has 5 aromatic rings. The number of anilines is 3. The first-order valence-corrected chi connectivity index (χ1v) is 11.0. The van der Waals surface area contributed by atoms with Gasteiger partial charge >= 0.3 is 6.03 Å². The van der Waals surface area contributed by atoms with Gasteiger partial charge in [0.15, 0.2) is 0 Å². The zero-order valence-corrected chi connectivity index (χ0v) is 19.0. The molecule has 176 valence electrons. The van der Waals surface area contributed by atoms with Crippen LogP contribution in [0.2, 0.25) is 0 Å². The lowest BCUT2D eigenvalue weighted by Gasteiger charge is -2.13. The highest BCUT2D eigenvalue weighted by Gasteiger charge is 2.20. The van der Waals surface area contributed by atoms with Crippen LogP contribution < -0.4 is 16.4 Å². The maximum absolute atomic E-state index is 13.5. The lowest BCUT2D eigenvalue weighted by Crippen LogP contribution is -2.19. The van der Waals surface area contributed by atoms with E-state index in [4.69, 9.17) is 10.7 Å². The third-order valence-corrected chi connectivity index (χ3v) is 5.67. The van der Waals surface area contributed by atoms with Crippen molar-refractivity contribution in [3.63, 3.8) is 0 Å². The molecule has 2 amide bonds. The number of carbonyl (C=O) groups excluding carboxylic acids is 1. The van der Waals surface area contributed by atoms with Gasteiger partial charge in [-0.3, -0.25) is 4.40 Å². The molecule has 5 rings (SSSR count). The van der Waals surface area contributed by atoms with Crippen molar-refractivity contribution in [2.45, 2.75) is 19.8 Å². The summed E-state index contributed by atoms with van der Waals surface area (Å²) in [5.74, 6) is -0.178. The van der Waals surface area contributed by atoms with E-state index in [1.807, 2.05) is 40.9 Å². The Morgan fingerprint density at radius 3 is 2.43 bits per heavy atom. The topological polar surface area (TPSA) is 97.3 Å². The average Bonchev–Trinajstić information content (AvgIpc) is 3.20. The van der Waals surface area contributed by atoms with Gasteiger partial charge in [-0.1, -0.05) is 44.2 Å². The van der Waals surface area contributed by atoms with Crippen LogP contribution in [0, 0.1) is 11.6 Å². The van der Waals surface area contributed by atoms with Gasteiger partial charge in [-0.05, 0) is 23.6 Å². The van der Waals surface area contributed by atoms with Gasteiger partial charge in [0.25, 0.3) is 0 Å². The Hall–Kier alpha value is -4.53. The predicted molar refractivity (Wildman–Crippen MR) is 133 cm³/mol. The van der Waals surface area contributed by atoms with E-state index in [1.54, 1.807) is 12.3 Å². The number of carbonyl (C=O) groups is 1. The lowest BCUT2D eigenvalue weighted by molar-refractivity contribution is 0.262. The fourth-order valence-electron chi connectivity index (χ4n) is 4.21. The van der Waals surface area contributed by atoms with Crippen molar-refractivity contribution in [1.82, 2.24) is 14.4 Å². The van der Waals surface area contributed by atoms with Gasteiger partial charge in [0.1, 0.15) is 34.5 Å². The van der Waals surface area contributed by atoms with Gasteiger partial charge in [-0.2, -0.15) is 0 Å². The Bertz CT molecular complexity index is 1570. The summed E-state index contributed by atoms with van der Waals surface area (Å²) in [4.78, 5) is 21.8. The van der Waals surface area contributed by atoms with Gasteiger partial charge < -0.3 is 16.4 Å². The van der Waals surface area contributed by atoms with Crippen molar-refractivity contribution in [3.05, 3.63) is 84.4 Å². The van der Waals surface area contributed by atoms with Crippen molar-refractivity contribution < 1.29 is 13.6 Å². The highest BCUT2D eigenvalue weighted by atomic mass is 19.1. The van der Waals surface area contributed by atoms with Crippen LogP contribution in [0.5, 0.6) is 0 Å². The first-order valence-electron chi connectivity index (χ1n) is 11.0. The first kappa shape index (κ1) is 22.3. The minimum absolute atomic E-state index is 0.00889. The molecule has 9 heteroatoms. The van der Waals surface area contributed by atoms with Crippen molar-refractivity contribution in [2.75, 3.05) is 16.4 Å². The molecule has 0 fully saturated rings. The molecule has 2 heterocycles. The van der Waals surface area contributed by atoms with E-state index in [-0.39, 0.29) is 11.6 Å². The second-order valence-corrected chi connectivity index (χ2v) is 8.45. The van der Waals surface area contributed by atoms with E-state index >= 15 is 0 Å². The van der Waals surface area contributed by atoms with Gasteiger partial charge in [-0.25, -0.2) is 23.5 Å². The van der Waals surface area contributed by atoms with Crippen molar-refractivity contribution in [1.29, 1.82) is 0 Å². The number of nitrogen functional groups attached to an aromatic ring is 1. The number of hydrogen-bond donors (Lipinski definition) is 3. The lowest BCUT2D eigenvalue weighted by atomic mass is 10.00. The number of rotatable bonds is 4. The number of aromatic nitrogens is 3. The van der Waals surface area contributed by atoms with Crippen LogP contribution in [0.4, 0.5) is 30.8 Å². The van der Waals surface area contributed by atoms with Gasteiger partial charge in [-0.15, -0.1) is 0 Å². The standard InChI is InChI=1S/C26H22F2N6O/c1-14(2)25-33-22(23-24(29)30-9-10-34(23)25)20-7-8-21(19-6-4-3-5-18(19)20)32-26(35)31-17-12-15(27)11-16(28)13-17/h3-14H,1-2H3,(H2,29,30)(H2,31,32,35). The Kier molecular flexibility index (Phi) is 5.52. The Labute approximate surface area is 199 Å². The van der Waals surface area contributed by atoms with Crippen LogP contribution in [0.15, 0.2) is 67.0 Å². The first-order chi connectivity index (χ1) is 16.8. The quantitative estimate of drug-likeness (QED) is 0.291. The minimum Gasteiger partial charge on any atom is -0.382 e. The molecule has 4 N–H and O–H groups in total. The van der Waals surface area contributed by atoms with Crippen LogP contribution in [0.3, 0.4) is 0 Å². The summed E-state index contributed by atoms with van der Waals surface area (Å²) in [7, 11) is 0. The van der Waals surface area contributed by atoms with Gasteiger partial charge in [0.05, 0.1) is 5.69 Å². The number of halogens is 2. The molecule has 0 saturated carbocycles. The molecule has 2 aromatic heterocycles. The molecule has 0 bridgehead atoms. The summed E-state index contributed by atoms with van der Waals surface area (Å²) >= 11 is 0. The predicted octanol–water partition coefficient (Wildman–Crippen LogP) is 6.18. The van der Waals surface area contributed by atoms with E-state index in [2.05, 4.69) is 29.5 Å². The zero-order chi connectivity index (χ0) is 24.7. The summed E-state index contributed by atoms with van der Waals surface area (Å²) in [6.07, 6.45) is 3.49. The number of imidazole rings is 1. The second-order valence-electron chi connectivity index (χ2n) is 8.45. The van der Waals surface area contributed by atoms with Crippen molar-refractivity contribution >= 4 is 39.5 Å². The number of fused-ring (bicyclic) bond motifs is 2. The van der Waals surface area contributed by atoms with Crippen LogP contribution >= 0.6 is 0 Å². The minimum atomic E-state index is -0.781. The van der Waals surface area contributed by atoms with Gasteiger partial charge in [0, 0.05) is 41.0 Å². The van der Waals surface area contributed by atoms with Crippen molar-refractivity contribution in [3.8, 4) is 11.3 Å². The largest absolute Gasteiger partial charge is 0.382 e. The molecule has 0 aliphatic rings. The van der Waals surface area contributed by atoms with Crippen LogP contribution in [0.25, 0.3) is 27.5 Å². The molecule has 0 aliphatic carbocycles. The summed E-state index contributed by atoms with van der Waals surface area (Å²) < 4.78 is 28.9. The van der Waals surface area contributed by atoms with E-state index in [1.165, 1.54) is 0 Å². The van der Waals surface area contributed by atoms with Crippen LogP contribution in [-0.4, -0.2) is 20.4 Å². The molecule has 0 saturated heterocycles. The summed E-state index contributed by atoms with van der Waals surface area (Å²) in [5.41, 5.74) is 9.03. The highest BCUT2D eigenvalue weighted by Crippen LogP contribution is 2.37. The van der Waals surface area contributed by atoms with Crippen LogP contribution in [-0.2, 0) is 0 Å². The number of urea groups is 1. The molecule has 0 spiro atoms. The smallest absolute Gasteiger partial charge is 0.323 e. The normalized spacial score (nSPS) is 11.3. The highest BCUT2D eigenvalue weighted by molar-refractivity contribution is 6.10. The zero-order valence-electron chi connectivity index (χ0n) is 19.0. The molecule has 0 unspecified atom stereocenters. The molecule has 3 aromatic carbocycles. The second kappa shape index (κ2) is 8.68.